The number of aromatic nitrogens is 3. The predicted octanol–water partition coefficient (Wildman–Crippen LogP) is 1.55. The van der Waals surface area contributed by atoms with Crippen LogP contribution in [0.4, 0.5) is 11.6 Å². The van der Waals surface area contributed by atoms with Crippen molar-refractivity contribution in [3.8, 4) is 11.9 Å². The van der Waals surface area contributed by atoms with Crippen molar-refractivity contribution in [3.63, 3.8) is 0 Å². The van der Waals surface area contributed by atoms with E-state index in [1.165, 1.54) is 4.68 Å². The molecule has 0 bridgehead atoms. The van der Waals surface area contributed by atoms with Crippen LogP contribution in [0.25, 0.3) is 5.82 Å². The number of nitrogen functional groups attached to an aromatic ring is 1. The lowest BCUT2D eigenvalue weighted by atomic mass is 10.3. The van der Waals surface area contributed by atoms with Gasteiger partial charge in [-0.3, -0.25) is 0 Å². The second-order valence-corrected chi connectivity index (χ2v) is 4.75. The van der Waals surface area contributed by atoms with Gasteiger partial charge in [0.15, 0.2) is 11.6 Å². The van der Waals surface area contributed by atoms with E-state index in [0.717, 1.165) is 4.47 Å². The lowest BCUT2D eigenvalue weighted by Gasteiger charge is -2.07. The fourth-order valence-electron chi connectivity index (χ4n) is 1.51. The molecule has 0 aliphatic rings. The molecule has 0 unspecified atom stereocenters. The highest BCUT2D eigenvalue weighted by atomic mass is 79.9. The zero-order chi connectivity index (χ0) is 13.3. The molecule has 92 valence electrons. The molecule has 0 aliphatic carbocycles. The molecular weight excluding hydrogens is 296 g/mol. The highest BCUT2D eigenvalue weighted by Gasteiger charge is 2.18. The van der Waals surface area contributed by atoms with Crippen molar-refractivity contribution in [2.24, 2.45) is 0 Å². The molecule has 7 heteroatoms. The molecule has 2 N–H and O–H groups in total. The summed E-state index contributed by atoms with van der Waals surface area (Å²) in [6.45, 7) is 0. The van der Waals surface area contributed by atoms with Crippen molar-refractivity contribution in [2.75, 3.05) is 24.7 Å². The third-order valence-corrected chi connectivity index (χ3v) is 2.84. The molecule has 2 aromatic heterocycles. The van der Waals surface area contributed by atoms with E-state index in [-0.39, 0.29) is 5.82 Å². The summed E-state index contributed by atoms with van der Waals surface area (Å²) in [5.41, 5.74) is 6.27. The Kier molecular flexibility index (Phi) is 3.21. The molecule has 0 aromatic carbocycles. The molecule has 0 aliphatic heterocycles. The van der Waals surface area contributed by atoms with Crippen LogP contribution < -0.4 is 10.6 Å². The minimum Gasteiger partial charge on any atom is -0.382 e. The lowest BCUT2D eigenvalue weighted by Crippen LogP contribution is -2.11. The molecule has 2 aromatic rings. The van der Waals surface area contributed by atoms with Crippen molar-refractivity contribution in [1.29, 1.82) is 5.26 Å². The van der Waals surface area contributed by atoms with Crippen molar-refractivity contribution in [3.05, 3.63) is 28.4 Å². The minimum absolute atomic E-state index is 0.288. The first-order chi connectivity index (χ1) is 8.54. The number of nitrogens with two attached hydrogens (primary N) is 1. The SMILES string of the molecule is CN(C)c1nn(-c2ccc(Br)cn2)c(N)c1C#N. The molecule has 0 fully saturated rings. The van der Waals surface area contributed by atoms with Gasteiger partial charge in [-0.25, -0.2) is 4.98 Å². The van der Waals surface area contributed by atoms with Crippen LogP contribution in [0.1, 0.15) is 5.56 Å². The van der Waals surface area contributed by atoms with Crippen molar-refractivity contribution in [2.45, 2.75) is 0 Å². The molecule has 18 heavy (non-hydrogen) atoms. The maximum atomic E-state index is 9.11. The Hall–Kier alpha value is -2.07. The Morgan fingerprint density at radius 1 is 1.44 bits per heavy atom. The van der Waals surface area contributed by atoms with E-state index in [1.54, 1.807) is 17.2 Å². The number of rotatable bonds is 2. The Morgan fingerprint density at radius 2 is 2.17 bits per heavy atom. The second-order valence-electron chi connectivity index (χ2n) is 3.84. The largest absolute Gasteiger partial charge is 0.382 e. The maximum Gasteiger partial charge on any atom is 0.170 e. The molecule has 0 amide bonds. The fraction of sp³-hybridized carbons (Fsp3) is 0.182. The topological polar surface area (TPSA) is 83.8 Å². The molecule has 2 heterocycles. The van der Waals surface area contributed by atoms with Gasteiger partial charge in [0.25, 0.3) is 0 Å². The van der Waals surface area contributed by atoms with Gasteiger partial charge < -0.3 is 10.6 Å². The standard InChI is InChI=1S/C11H11BrN6/c1-17(2)11-8(5-13)10(14)18(16-11)9-4-3-7(12)6-15-9/h3-4,6H,14H2,1-2H3. The van der Waals surface area contributed by atoms with Gasteiger partial charge in [0, 0.05) is 24.8 Å². The van der Waals surface area contributed by atoms with Gasteiger partial charge in [-0.05, 0) is 28.1 Å². The summed E-state index contributed by atoms with van der Waals surface area (Å²) in [6.07, 6.45) is 1.65. The van der Waals surface area contributed by atoms with Gasteiger partial charge in [0.05, 0.1) is 0 Å². The summed E-state index contributed by atoms with van der Waals surface area (Å²) >= 11 is 3.31. The van der Waals surface area contributed by atoms with Crippen LogP contribution in [0.15, 0.2) is 22.8 Å². The monoisotopic (exact) mass is 306 g/mol. The van der Waals surface area contributed by atoms with Gasteiger partial charge in [-0.2, -0.15) is 9.94 Å². The maximum absolute atomic E-state index is 9.11. The van der Waals surface area contributed by atoms with Crippen LogP contribution >= 0.6 is 15.9 Å². The van der Waals surface area contributed by atoms with Crippen LogP contribution in [-0.2, 0) is 0 Å². The molecule has 2 rings (SSSR count). The summed E-state index contributed by atoms with van der Waals surface area (Å²) in [6, 6.07) is 5.67. The summed E-state index contributed by atoms with van der Waals surface area (Å²) in [5.74, 6) is 1.39. The predicted molar refractivity (Wildman–Crippen MR) is 72.5 cm³/mol. The van der Waals surface area contributed by atoms with E-state index in [9.17, 15) is 0 Å². The van der Waals surface area contributed by atoms with Gasteiger partial charge in [0.1, 0.15) is 17.5 Å². The van der Waals surface area contributed by atoms with Crippen LogP contribution in [0.5, 0.6) is 0 Å². The number of nitrogens with zero attached hydrogens (tertiary/aromatic N) is 5. The van der Waals surface area contributed by atoms with Crippen molar-refractivity contribution >= 4 is 27.6 Å². The number of anilines is 2. The first-order valence-corrected chi connectivity index (χ1v) is 5.91. The molecule has 0 atom stereocenters. The first-order valence-electron chi connectivity index (χ1n) is 5.12. The lowest BCUT2D eigenvalue weighted by molar-refractivity contribution is 0.845. The Bertz CT molecular complexity index is 608. The molecular formula is C11H11BrN6. The minimum atomic E-state index is 0.288. The van der Waals surface area contributed by atoms with Gasteiger partial charge >= 0.3 is 0 Å². The van der Waals surface area contributed by atoms with Crippen molar-refractivity contribution in [1.82, 2.24) is 14.8 Å². The van der Waals surface area contributed by atoms with Crippen LogP contribution in [0.2, 0.25) is 0 Å². The number of hydrogen-bond donors (Lipinski definition) is 1. The highest BCUT2D eigenvalue weighted by molar-refractivity contribution is 9.10. The van der Waals surface area contributed by atoms with Crippen molar-refractivity contribution < 1.29 is 0 Å². The quantitative estimate of drug-likeness (QED) is 0.910. The average Bonchev–Trinajstić information content (AvgIpc) is 2.67. The number of hydrogen-bond acceptors (Lipinski definition) is 5. The number of halogens is 1. The first kappa shape index (κ1) is 12.4. The molecule has 0 saturated heterocycles. The molecule has 0 spiro atoms. The van der Waals surface area contributed by atoms with Crippen LogP contribution in [-0.4, -0.2) is 28.9 Å². The highest BCUT2D eigenvalue weighted by Crippen LogP contribution is 2.25. The zero-order valence-electron chi connectivity index (χ0n) is 9.92. The molecule has 0 saturated carbocycles. The smallest absolute Gasteiger partial charge is 0.170 e. The summed E-state index contributed by atoms with van der Waals surface area (Å²) in [4.78, 5) is 5.94. The van der Waals surface area contributed by atoms with E-state index in [1.807, 2.05) is 20.2 Å². The van der Waals surface area contributed by atoms with Crippen LogP contribution in [0.3, 0.4) is 0 Å². The Morgan fingerprint density at radius 3 is 2.61 bits per heavy atom. The van der Waals surface area contributed by atoms with E-state index in [0.29, 0.717) is 17.2 Å². The van der Waals surface area contributed by atoms with E-state index in [4.69, 9.17) is 11.0 Å². The van der Waals surface area contributed by atoms with Gasteiger partial charge in [0.2, 0.25) is 0 Å². The molecule has 0 radical (unpaired) electrons. The number of nitriles is 1. The Balaban J connectivity index is 2.59. The number of pyridine rings is 1. The second kappa shape index (κ2) is 4.66. The van der Waals surface area contributed by atoms with Gasteiger partial charge in [-0.1, -0.05) is 0 Å². The fourth-order valence-corrected chi connectivity index (χ4v) is 1.74. The third kappa shape index (κ3) is 2.02. The van der Waals surface area contributed by atoms with Crippen LogP contribution in [0, 0.1) is 11.3 Å². The van der Waals surface area contributed by atoms with Gasteiger partial charge in [-0.15, -0.1) is 5.10 Å². The third-order valence-electron chi connectivity index (χ3n) is 2.37. The van der Waals surface area contributed by atoms with E-state index in [2.05, 4.69) is 32.1 Å². The zero-order valence-corrected chi connectivity index (χ0v) is 11.5. The normalized spacial score (nSPS) is 10.1. The summed E-state index contributed by atoms with van der Waals surface area (Å²) < 4.78 is 2.32. The van der Waals surface area contributed by atoms with E-state index >= 15 is 0 Å². The molecule has 6 nitrogen and oxygen atoms in total. The average molecular weight is 307 g/mol. The summed E-state index contributed by atoms with van der Waals surface area (Å²) in [7, 11) is 3.62. The Labute approximate surface area is 113 Å². The summed E-state index contributed by atoms with van der Waals surface area (Å²) in [5, 5.41) is 13.4. The van der Waals surface area contributed by atoms with E-state index < -0.39 is 0 Å².